The molecular formula is C10H13N3O. The second-order valence-electron chi connectivity index (χ2n) is 3.56. The van der Waals surface area contributed by atoms with Crippen LogP contribution in [0.5, 0.6) is 0 Å². The van der Waals surface area contributed by atoms with E-state index in [-0.39, 0.29) is 18.0 Å². The van der Waals surface area contributed by atoms with Gasteiger partial charge in [0.05, 0.1) is 17.8 Å². The number of hydrogen-bond acceptors (Lipinski definition) is 3. The van der Waals surface area contributed by atoms with Gasteiger partial charge in [-0.05, 0) is 18.6 Å². The molecule has 0 radical (unpaired) electrons. The van der Waals surface area contributed by atoms with E-state index in [0.717, 1.165) is 5.69 Å². The first-order chi connectivity index (χ1) is 6.70. The number of aromatic nitrogens is 1. The first-order valence-electron chi connectivity index (χ1n) is 4.63. The molecule has 1 aromatic heterocycles. The van der Waals surface area contributed by atoms with Crippen molar-refractivity contribution in [2.24, 2.45) is 5.73 Å². The summed E-state index contributed by atoms with van der Waals surface area (Å²) in [5.41, 5.74) is 6.59. The van der Waals surface area contributed by atoms with Crippen LogP contribution >= 0.6 is 0 Å². The minimum absolute atomic E-state index is 0.000605. The molecule has 2 heterocycles. The molecule has 2 rings (SSSR count). The van der Waals surface area contributed by atoms with E-state index in [1.807, 2.05) is 18.2 Å². The summed E-state index contributed by atoms with van der Waals surface area (Å²) in [5, 5.41) is 0. The molecule has 4 heteroatoms. The van der Waals surface area contributed by atoms with Crippen LogP contribution in [0.3, 0.4) is 0 Å². The summed E-state index contributed by atoms with van der Waals surface area (Å²) in [6, 6.07) is 5.38. The largest absolute Gasteiger partial charge is 0.336 e. The predicted molar refractivity (Wildman–Crippen MR) is 52.3 cm³/mol. The summed E-state index contributed by atoms with van der Waals surface area (Å²) in [5.74, 6) is 0.000605. The molecule has 14 heavy (non-hydrogen) atoms. The number of nitrogens with two attached hydrogens (primary N) is 1. The van der Waals surface area contributed by atoms with Crippen LogP contribution in [0.4, 0.5) is 0 Å². The molecule has 4 nitrogen and oxygen atoms in total. The van der Waals surface area contributed by atoms with Gasteiger partial charge in [-0.2, -0.15) is 0 Å². The van der Waals surface area contributed by atoms with E-state index in [2.05, 4.69) is 4.98 Å². The van der Waals surface area contributed by atoms with E-state index in [4.69, 9.17) is 5.73 Å². The van der Waals surface area contributed by atoms with Gasteiger partial charge >= 0.3 is 0 Å². The van der Waals surface area contributed by atoms with Gasteiger partial charge in [-0.3, -0.25) is 9.78 Å². The fourth-order valence-corrected chi connectivity index (χ4v) is 1.81. The quantitative estimate of drug-likeness (QED) is 0.695. The maximum absolute atomic E-state index is 11.5. The van der Waals surface area contributed by atoms with Gasteiger partial charge in [0, 0.05) is 13.2 Å². The number of carbonyl (C=O) groups excluding carboxylic acids is 1. The molecule has 0 bridgehead atoms. The lowest BCUT2D eigenvalue weighted by Gasteiger charge is -2.18. The predicted octanol–water partition coefficient (Wildman–Crippen LogP) is 0.312. The van der Waals surface area contributed by atoms with Gasteiger partial charge in [0.25, 0.3) is 0 Å². The minimum atomic E-state index is -0.369. The van der Waals surface area contributed by atoms with E-state index >= 15 is 0 Å². The average Bonchev–Trinajstić information content (AvgIpc) is 2.47. The Labute approximate surface area is 82.7 Å². The number of nitrogens with zero attached hydrogens (tertiary/aromatic N) is 2. The van der Waals surface area contributed by atoms with Crippen molar-refractivity contribution >= 4 is 5.91 Å². The van der Waals surface area contributed by atoms with Crippen molar-refractivity contribution in [2.45, 2.75) is 18.5 Å². The highest BCUT2D eigenvalue weighted by Crippen LogP contribution is 2.28. The van der Waals surface area contributed by atoms with E-state index in [9.17, 15) is 4.79 Å². The highest BCUT2D eigenvalue weighted by atomic mass is 16.2. The average molecular weight is 191 g/mol. The van der Waals surface area contributed by atoms with Gasteiger partial charge in [0.15, 0.2) is 0 Å². The Morgan fingerprint density at radius 1 is 1.57 bits per heavy atom. The molecule has 2 atom stereocenters. The van der Waals surface area contributed by atoms with Gasteiger partial charge in [0.1, 0.15) is 0 Å². The van der Waals surface area contributed by atoms with Crippen LogP contribution in [0.2, 0.25) is 0 Å². The van der Waals surface area contributed by atoms with E-state index in [1.165, 1.54) is 0 Å². The maximum Gasteiger partial charge on any atom is 0.239 e. The molecule has 0 unspecified atom stereocenters. The standard InChI is InChI=1S/C10H13N3O/c1-13-9(6-7(11)10(13)14)8-4-2-3-5-12-8/h2-5,7,9H,6,11H2,1H3/t7-,9+/m0/s1. The van der Waals surface area contributed by atoms with Crippen LogP contribution < -0.4 is 5.73 Å². The molecule has 74 valence electrons. The molecule has 1 fully saturated rings. The number of rotatable bonds is 1. The number of likely N-dealkylation sites (tertiary alicyclic amines) is 1. The molecule has 0 saturated carbocycles. The molecule has 0 spiro atoms. The number of carbonyl (C=O) groups is 1. The highest BCUT2D eigenvalue weighted by molar-refractivity contribution is 5.84. The van der Waals surface area contributed by atoms with Gasteiger partial charge in [-0.25, -0.2) is 0 Å². The van der Waals surface area contributed by atoms with Gasteiger partial charge < -0.3 is 10.6 Å². The second-order valence-corrected chi connectivity index (χ2v) is 3.56. The second kappa shape index (κ2) is 3.38. The third kappa shape index (κ3) is 1.37. The summed E-state index contributed by atoms with van der Waals surface area (Å²) in [6.45, 7) is 0. The lowest BCUT2D eigenvalue weighted by Crippen LogP contribution is -2.31. The third-order valence-electron chi connectivity index (χ3n) is 2.64. The molecule has 1 aromatic rings. The lowest BCUT2D eigenvalue weighted by atomic mass is 10.1. The Hall–Kier alpha value is -1.42. The van der Waals surface area contributed by atoms with Crippen molar-refractivity contribution in [3.8, 4) is 0 Å². The normalized spacial score (nSPS) is 27.0. The lowest BCUT2D eigenvalue weighted by molar-refractivity contribution is -0.128. The number of hydrogen-bond donors (Lipinski definition) is 1. The Balaban J connectivity index is 2.26. The summed E-state index contributed by atoms with van der Waals surface area (Å²) >= 11 is 0. The molecule has 1 saturated heterocycles. The Kier molecular flexibility index (Phi) is 2.21. The molecule has 0 aromatic carbocycles. The monoisotopic (exact) mass is 191 g/mol. The van der Waals surface area contributed by atoms with E-state index in [0.29, 0.717) is 6.42 Å². The number of pyridine rings is 1. The minimum Gasteiger partial charge on any atom is -0.336 e. The van der Waals surface area contributed by atoms with Crippen molar-refractivity contribution in [2.75, 3.05) is 7.05 Å². The van der Waals surface area contributed by atoms with Crippen molar-refractivity contribution < 1.29 is 4.79 Å². The van der Waals surface area contributed by atoms with Crippen molar-refractivity contribution in [1.29, 1.82) is 0 Å². The first kappa shape index (κ1) is 9.15. The molecule has 1 aliphatic rings. The van der Waals surface area contributed by atoms with Crippen LogP contribution in [-0.2, 0) is 4.79 Å². The van der Waals surface area contributed by atoms with Crippen LogP contribution in [0, 0.1) is 0 Å². The molecule has 1 amide bonds. The Bertz CT molecular complexity index is 338. The topological polar surface area (TPSA) is 59.2 Å². The van der Waals surface area contributed by atoms with Crippen LogP contribution in [-0.4, -0.2) is 28.9 Å². The SMILES string of the molecule is CN1C(=O)[C@@H](N)C[C@@H]1c1ccccn1. The van der Waals surface area contributed by atoms with Gasteiger partial charge in [-0.1, -0.05) is 6.07 Å². The summed E-state index contributed by atoms with van der Waals surface area (Å²) in [6.07, 6.45) is 2.39. The summed E-state index contributed by atoms with van der Waals surface area (Å²) < 4.78 is 0. The number of amides is 1. The van der Waals surface area contributed by atoms with Crippen molar-refractivity contribution in [3.63, 3.8) is 0 Å². The Morgan fingerprint density at radius 3 is 2.86 bits per heavy atom. The fourth-order valence-electron chi connectivity index (χ4n) is 1.81. The molecule has 0 aliphatic carbocycles. The summed E-state index contributed by atoms with van der Waals surface area (Å²) in [7, 11) is 1.77. The summed E-state index contributed by atoms with van der Waals surface area (Å²) in [4.78, 5) is 17.4. The first-order valence-corrected chi connectivity index (χ1v) is 4.63. The third-order valence-corrected chi connectivity index (χ3v) is 2.64. The highest BCUT2D eigenvalue weighted by Gasteiger charge is 2.36. The van der Waals surface area contributed by atoms with Crippen molar-refractivity contribution in [1.82, 2.24) is 9.88 Å². The van der Waals surface area contributed by atoms with Gasteiger partial charge in [-0.15, -0.1) is 0 Å². The number of likely N-dealkylation sites (N-methyl/N-ethyl adjacent to an activating group) is 1. The zero-order chi connectivity index (χ0) is 10.1. The maximum atomic E-state index is 11.5. The van der Waals surface area contributed by atoms with Crippen LogP contribution in [0.15, 0.2) is 24.4 Å². The van der Waals surface area contributed by atoms with Gasteiger partial charge in [0.2, 0.25) is 5.91 Å². The molecule has 1 aliphatic heterocycles. The molecule has 2 N–H and O–H groups in total. The smallest absolute Gasteiger partial charge is 0.239 e. The Morgan fingerprint density at radius 2 is 2.36 bits per heavy atom. The van der Waals surface area contributed by atoms with Crippen LogP contribution in [0.25, 0.3) is 0 Å². The van der Waals surface area contributed by atoms with E-state index < -0.39 is 0 Å². The fraction of sp³-hybridized carbons (Fsp3) is 0.400. The zero-order valence-electron chi connectivity index (χ0n) is 8.05. The van der Waals surface area contributed by atoms with Crippen molar-refractivity contribution in [3.05, 3.63) is 30.1 Å². The van der Waals surface area contributed by atoms with Crippen LogP contribution in [0.1, 0.15) is 18.2 Å². The zero-order valence-corrected chi connectivity index (χ0v) is 8.05. The van der Waals surface area contributed by atoms with E-state index in [1.54, 1.807) is 18.1 Å². The molecular weight excluding hydrogens is 178 g/mol.